The van der Waals surface area contributed by atoms with E-state index < -0.39 is 12.3 Å². The quantitative estimate of drug-likeness (QED) is 0.637. The molecule has 2 atom stereocenters. The molecule has 2 amide bonds. The number of anilines is 2. The maximum Gasteiger partial charge on any atom is 0.414 e. The number of nitrogens with zero attached hydrogens (tertiary/aromatic N) is 2. The number of carbonyl (C=O) groups is 2. The van der Waals surface area contributed by atoms with Gasteiger partial charge in [-0.3, -0.25) is 9.69 Å². The second-order valence-corrected chi connectivity index (χ2v) is 8.26. The molecule has 0 aromatic heterocycles. The summed E-state index contributed by atoms with van der Waals surface area (Å²) in [6, 6.07) is 12.9. The van der Waals surface area contributed by atoms with E-state index in [1.165, 1.54) is 0 Å². The number of nitrogens with two attached hydrogens (primary N) is 1. The van der Waals surface area contributed by atoms with Gasteiger partial charge in [0.05, 0.1) is 17.5 Å². The number of ether oxygens (including phenoxy) is 1. The fourth-order valence-corrected chi connectivity index (χ4v) is 3.94. The number of hydrogen-bond donors (Lipinski definition) is 3. The summed E-state index contributed by atoms with van der Waals surface area (Å²) in [5.74, 6) is -0.170. The Balaban J connectivity index is 1.97. The normalized spacial score (nSPS) is 16.5. The molecule has 0 spiro atoms. The second-order valence-electron chi connectivity index (χ2n) is 8.26. The van der Waals surface area contributed by atoms with Crippen molar-refractivity contribution in [3.63, 3.8) is 0 Å². The van der Waals surface area contributed by atoms with E-state index in [1.54, 1.807) is 24.0 Å². The Morgan fingerprint density at radius 1 is 1.12 bits per heavy atom. The first-order valence-corrected chi connectivity index (χ1v) is 10.9. The number of carbonyl (C=O) groups excluding carboxylic acids is 2. The third-order valence-corrected chi connectivity index (χ3v) is 5.34. The van der Waals surface area contributed by atoms with Crippen LogP contribution in [0.3, 0.4) is 0 Å². The number of aliphatic hydroxyl groups is 1. The Hall–Kier alpha value is -3.10. The van der Waals surface area contributed by atoms with E-state index in [9.17, 15) is 14.7 Å². The molecule has 0 bridgehead atoms. The van der Waals surface area contributed by atoms with Gasteiger partial charge in [-0.2, -0.15) is 0 Å². The Morgan fingerprint density at radius 3 is 2.38 bits per heavy atom. The van der Waals surface area contributed by atoms with Crippen LogP contribution in [-0.2, 0) is 4.74 Å². The van der Waals surface area contributed by atoms with Crippen molar-refractivity contribution in [1.29, 1.82) is 0 Å². The lowest BCUT2D eigenvalue weighted by Gasteiger charge is -2.43. The van der Waals surface area contributed by atoms with E-state index in [0.29, 0.717) is 30.9 Å². The highest BCUT2D eigenvalue weighted by molar-refractivity contribution is 5.96. The van der Waals surface area contributed by atoms with E-state index in [2.05, 4.69) is 5.32 Å². The molecule has 0 radical (unpaired) electrons. The third-order valence-electron chi connectivity index (χ3n) is 5.34. The molecule has 2 aromatic carbocycles. The Morgan fingerprint density at radius 2 is 1.78 bits per heavy atom. The standard InChI is InChI=1S/C24H32N4O4/c1-15(2)32-24(31)27-14-16(3)28(17(4)29)21-10-9-20(13-22(21)27)18-5-7-19(8-6-18)23(30)26-12-11-25/h5-10,13,15-17,29H,11-12,14,25H2,1-4H3,(H,26,30)/t16-,17?/m0/s1. The summed E-state index contributed by atoms with van der Waals surface area (Å²) in [5.41, 5.74) is 9.22. The first-order valence-electron chi connectivity index (χ1n) is 10.9. The molecule has 0 fully saturated rings. The minimum absolute atomic E-state index is 0.0839. The van der Waals surface area contributed by atoms with Gasteiger partial charge >= 0.3 is 6.09 Å². The van der Waals surface area contributed by atoms with Crippen LogP contribution < -0.4 is 20.9 Å². The van der Waals surface area contributed by atoms with Gasteiger partial charge < -0.3 is 25.8 Å². The molecular formula is C24H32N4O4. The van der Waals surface area contributed by atoms with Crippen LogP contribution >= 0.6 is 0 Å². The van der Waals surface area contributed by atoms with Gasteiger partial charge in [0.25, 0.3) is 5.91 Å². The molecule has 1 aliphatic heterocycles. The molecule has 0 saturated carbocycles. The summed E-state index contributed by atoms with van der Waals surface area (Å²) < 4.78 is 5.46. The molecule has 2 aromatic rings. The van der Waals surface area contributed by atoms with Crippen molar-refractivity contribution in [2.75, 3.05) is 29.4 Å². The van der Waals surface area contributed by atoms with Gasteiger partial charge in [-0.25, -0.2) is 4.79 Å². The van der Waals surface area contributed by atoms with Crippen molar-refractivity contribution in [1.82, 2.24) is 5.32 Å². The monoisotopic (exact) mass is 440 g/mol. The summed E-state index contributed by atoms with van der Waals surface area (Å²) in [6.07, 6.45) is -1.36. The van der Waals surface area contributed by atoms with Crippen LogP contribution in [0.1, 0.15) is 38.1 Å². The zero-order valence-electron chi connectivity index (χ0n) is 19.0. The first kappa shape index (κ1) is 23.6. The van der Waals surface area contributed by atoms with Crippen molar-refractivity contribution >= 4 is 23.4 Å². The highest BCUT2D eigenvalue weighted by Gasteiger charge is 2.34. The average Bonchev–Trinajstić information content (AvgIpc) is 2.75. The van der Waals surface area contributed by atoms with E-state index in [0.717, 1.165) is 16.8 Å². The minimum Gasteiger partial charge on any atom is -0.446 e. The van der Waals surface area contributed by atoms with Crippen LogP contribution in [0.2, 0.25) is 0 Å². The van der Waals surface area contributed by atoms with Crippen LogP contribution in [0.5, 0.6) is 0 Å². The number of amides is 2. The van der Waals surface area contributed by atoms with Gasteiger partial charge in [0.15, 0.2) is 0 Å². The largest absolute Gasteiger partial charge is 0.446 e. The molecule has 1 unspecified atom stereocenters. The highest BCUT2D eigenvalue weighted by Crippen LogP contribution is 2.40. The van der Waals surface area contributed by atoms with Gasteiger partial charge in [0.2, 0.25) is 0 Å². The zero-order chi connectivity index (χ0) is 23.4. The van der Waals surface area contributed by atoms with E-state index in [-0.39, 0.29) is 18.1 Å². The number of fused-ring (bicyclic) bond motifs is 1. The Labute approximate surface area is 189 Å². The molecule has 0 saturated heterocycles. The van der Waals surface area contributed by atoms with Gasteiger partial charge in [0, 0.05) is 31.2 Å². The Bertz CT molecular complexity index is 959. The Kier molecular flexibility index (Phi) is 7.37. The average molecular weight is 441 g/mol. The van der Waals surface area contributed by atoms with E-state index in [1.807, 2.05) is 56.0 Å². The zero-order valence-corrected chi connectivity index (χ0v) is 19.0. The van der Waals surface area contributed by atoms with E-state index in [4.69, 9.17) is 10.5 Å². The van der Waals surface area contributed by atoms with Gasteiger partial charge in [-0.1, -0.05) is 18.2 Å². The molecule has 32 heavy (non-hydrogen) atoms. The smallest absolute Gasteiger partial charge is 0.414 e. The lowest BCUT2D eigenvalue weighted by atomic mass is 9.99. The molecule has 8 heteroatoms. The number of hydrogen-bond acceptors (Lipinski definition) is 6. The predicted octanol–water partition coefficient (Wildman–Crippen LogP) is 2.94. The molecule has 8 nitrogen and oxygen atoms in total. The molecule has 3 rings (SSSR count). The summed E-state index contributed by atoms with van der Waals surface area (Å²) >= 11 is 0. The lowest BCUT2D eigenvalue weighted by molar-refractivity contribution is 0.0954. The third kappa shape index (κ3) is 5.03. The number of aliphatic hydroxyl groups excluding tert-OH is 1. The van der Waals surface area contributed by atoms with Crippen molar-refractivity contribution in [3.8, 4) is 11.1 Å². The van der Waals surface area contributed by atoms with Crippen molar-refractivity contribution in [2.24, 2.45) is 5.73 Å². The first-order chi connectivity index (χ1) is 15.2. The second kappa shape index (κ2) is 10.0. The van der Waals surface area contributed by atoms with E-state index >= 15 is 0 Å². The summed E-state index contributed by atoms with van der Waals surface area (Å²) in [7, 11) is 0. The molecule has 1 aliphatic rings. The molecule has 172 valence electrons. The van der Waals surface area contributed by atoms with Crippen molar-refractivity contribution in [2.45, 2.75) is 46.1 Å². The van der Waals surface area contributed by atoms with Gasteiger partial charge in [0.1, 0.15) is 6.23 Å². The number of rotatable bonds is 6. The maximum absolute atomic E-state index is 12.8. The fraction of sp³-hybridized carbons (Fsp3) is 0.417. The van der Waals surface area contributed by atoms with Crippen molar-refractivity contribution in [3.05, 3.63) is 48.0 Å². The number of benzene rings is 2. The van der Waals surface area contributed by atoms with Crippen LogP contribution in [0.25, 0.3) is 11.1 Å². The van der Waals surface area contributed by atoms with Crippen LogP contribution in [-0.4, -0.2) is 55.1 Å². The van der Waals surface area contributed by atoms with Crippen molar-refractivity contribution < 1.29 is 19.4 Å². The molecular weight excluding hydrogens is 408 g/mol. The SMILES string of the molecule is CC(C)OC(=O)N1C[C@H](C)N(C(C)O)c2ccc(-c3ccc(C(=O)NCCN)cc3)cc21. The van der Waals surface area contributed by atoms with Crippen LogP contribution in [0, 0.1) is 0 Å². The maximum atomic E-state index is 12.8. The van der Waals surface area contributed by atoms with Crippen LogP contribution in [0.4, 0.5) is 16.2 Å². The molecule has 1 heterocycles. The molecule has 4 N–H and O–H groups in total. The summed E-state index contributed by atoms with van der Waals surface area (Å²) in [4.78, 5) is 28.5. The lowest BCUT2D eigenvalue weighted by Crippen LogP contribution is -2.53. The highest BCUT2D eigenvalue weighted by atomic mass is 16.6. The molecule has 0 aliphatic carbocycles. The van der Waals surface area contributed by atoms with Gasteiger partial charge in [-0.15, -0.1) is 0 Å². The predicted molar refractivity (Wildman–Crippen MR) is 126 cm³/mol. The van der Waals surface area contributed by atoms with Crippen LogP contribution in [0.15, 0.2) is 42.5 Å². The topological polar surface area (TPSA) is 108 Å². The summed E-state index contributed by atoms with van der Waals surface area (Å²) in [6.45, 7) is 8.51. The fourth-order valence-electron chi connectivity index (χ4n) is 3.94. The van der Waals surface area contributed by atoms with Gasteiger partial charge in [-0.05, 0) is 63.1 Å². The summed E-state index contributed by atoms with van der Waals surface area (Å²) in [5, 5.41) is 13.1. The minimum atomic E-state index is -0.704. The number of nitrogens with one attached hydrogen (secondary N) is 1.